The van der Waals surface area contributed by atoms with Crippen LogP contribution < -0.4 is 0 Å². The summed E-state index contributed by atoms with van der Waals surface area (Å²) in [4.78, 5) is 14.2. The first-order valence-electron chi connectivity index (χ1n) is 7.77. The van der Waals surface area contributed by atoms with Gasteiger partial charge in [-0.15, -0.1) is 0 Å². The Labute approximate surface area is 130 Å². The molecule has 1 aromatic carbocycles. The van der Waals surface area contributed by atoms with Crippen molar-refractivity contribution >= 4 is 15.7 Å². The quantitative estimate of drug-likeness (QED) is 0.802. The molecular formula is C16H20FNO3S. The van der Waals surface area contributed by atoms with Crippen LogP contribution in [0.15, 0.2) is 29.2 Å². The normalized spacial score (nSPS) is 23.1. The summed E-state index contributed by atoms with van der Waals surface area (Å²) >= 11 is 0. The van der Waals surface area contributed by atoms with E-state index in [1.807, 2.05) is 0 Å². The zero-order valence-corrected chi connectivity index (χ0v) is 13.2. The lowest BCUT2D eigenvalue weighted by molar-refractivity contribution is -0.138. The first-order valence-corrected chi connectivity index (χ1v) is 9.31. The Hall–Kier alpha value is -1.43. The molecule has 1 saturated carbocycles. The third-order valence-electron chi connectivity index (χ3n) is 4.73. The van der Waals surface area contributed by atoms with E-state index in [2.05, 4.69) is 0 Å². The summed E-state index contributed by atoms with van der Waals surface area (Å²) in [7, 11) is -3.52. The van der Waals surface area contributed by atoms with Crippen LogP contribution in [0.25, 0.3) is 0 Å². The number of nitrogens with zero attached hydrogens (tertiary/aromatic N) is 1. The molecule has 1 heterocycles. The molecule has 120 valence electrons. The van der Waals surface area contributed by atoms with E-state index >= 15 is 0 Å². The van der Waals surface area contributed by atoms with Gasteiger partial charge in [0.2, 0.25) is 5.91 Å². The molecule has 1 aliphatic carbocycles. The highest BCUT2D eigenvalue weighted by atomic mass is 32.2. The Morgan fingerprint density at radius 1 is 1.09 bits per heavy atom. The van der Waals surface area contributed by atoms with Crippen molar-refractivity contribution in [2.45, 2.75) is 42.2 Å². The summed E-state index contributed by atoms with van der Waals surface area (Å²) in [6.07, 6.45) is 4.18. The largest absolute Gasteiger partial charge is 0.341 e. The minimum Gasteiger partial charge on any atom is -0.341 e. The van der Waals surface area contributed by atoms with Crippen LogP contribution in [0.4, 0.5) is 4.39 Å². The molecule has 0 aromatic heterocycles. The lowest BCUT2D eigenvalue weighted by atomic mass is 9.84. The van der Waals surface area contributed by atoms with E-state index in [1.54, 1.807) is 4.90 Å². The number of rotatable bonds is 3. The Balaban J connectivity index is 1.75. The van der Waals surface area contributed by atoms with Crippen LogP contribution in [0.5, 0.6) is 0 Å². The molecule has 0 bridgehead atoms. The van der Waals surface area contributed by atoms with Crippen LogP contribution in [0, 0.1) is 11.7 Å². The van der Waals surface area contributed by atoms with E-state index in [4.69, 9.17) is 0 Å². The second kappa shape index (κ2) is 5.99. The molecule has 3 rings (SSSR count). The van der Waals surface area contributed by atoms with Crippen molar-refractivity contribution in [2.75, 3.05) is 13.1 Å². The van der Waals surface area contributed by atoms with Crippen LogP contribution in [0.3, 0.4) is 0 Å². The third-order valence-corrected chi connectivity index (χ3v) is 6.92. The lowest BCUT2D eigenvalue weighted by Crippen LogP contribution is -2.48. The molecule has 4 nitrogen and oxygen atoms in total. The zero-order valence-electron chi connectivity index (χ0n) is 12.4. The van der Waals surface area contributed by atoms with Gasteiger partial charge in [-0.05, 0) is 49.9 Å². The van der Waals surface area contributed by atoms with Gasteiger partial charge in [0.15, 0.2) is 9.84 Å². The Morgan fingerprint density at radius 3 is 2.36 bits per heavy atom. The first-order chi connectivity index (χ1) is 10.5. The van der Waals surface area contributed by atoms with E-state index in [0.29, 0.717) is 19.4 Å². The number of sulfone groups is 1. The molecular weight excluding hydrogens is 305 g/mol. The number of hydrogen-bond acceptors (Lipinski definition) is 3. The molecule has 0 spiro atoms. The monoisotopic (exact) mass is 325 g/mol. The van der Waals surface area contributed by atoms with Crippen LogP contribution in [-0.2, 0) is 14.6 Å². The minimum atomic E-state index is -3.52. The molecule has 1 aliphatic heterocycles. The van der Waals surface area contributed by atoms with Crippen molar-refractivity contribution in [2.24, 2.45) is 5.92 Å². The Morgan fingerprint density at radius 2 is 1.77 bits per heavy atom. The number of likely N-dealkylation sites (tertiary alicyclic amines) is 1. The molecule has 2 aliphatic rings. The third kappa shape index (κ3) is 2.89. The molecule has 2 fully saturated rings. The van der Waals surface area contributed by atoms with E-state index in [1.165, 1.54) is 12.1 Å². The predicted molar refractivity (Wildman–Crippen MR) is 80.5 cm³/mol. The zero-order chi connectivity index (χ0) is 15.7. The summed E-state index contributed by atoms with van der Waals surface area (Å²) < 4.78 is 38.3. The smallest absolute Gasteiger partial charge is 0.225 e. The highest BCUT2D eigenvalue weighted by molar-refractivity contribution is 7.92. The van der Waals surface area contributed by atoms with Gasteiger partial charge in [0, 0.05) is 19.0 Å². The summed E-state index contributed by atoms with van der Waals surface area (Å²) in [5, 5.41) is -0.587. The maximum atomic E-state index is 13.0. The lowest BCUT2D eigenvalue weighted by Gasteiger charge is -2.37. The van der Waals surface area contributed by atoms with Crippen molar-refractivity contribution in [1.82, 2.24) is 4.90 Å². The highest BCUT2D eigenvalue weighted by Crippen LogP contribution is 2.31. The van der Waals surface area contributed by atoms with Crippen LogP contribution in [0.1, 0.15) is 32.1 Å². The Kier molecular flexibility index (Phi) is 4.21. The molecule has 1 atom stereocenters. The average Bonchev–Trinajstić information content (AvgIpc) is 2.46. The summed E-state index contributed by atoms with van der Waals surface area (Å²) in [5.41, 5.74) is 0. The molecule has 0 N–H and O–H groups in total. The second-order valence-corrected chi connectivity index (χ2v) is 8.40. The van der Waals surface area contributed by atoms with Crippen molar-refractivity contribution in [1.29, 1.82) is 0 Å². The fourth-order valence-corrected chi connectivity index (χ4v) is 4.88. The molecule has 0 radical (unpaired) electrons. The second-order valence-electron chi connectivity index (χ2n) is 6.18. The predicted octanol–water partition coefficient (Wildman–Crippen LogP) is 2.39. The van der Waals surface area contributed by atoms with Crippen LogP contribution >= 0.6 is 0 Å². The molecule has 22 heavy (non-hydrogen) atoms. The average molecular weight is 325 g/mol. The maximum Gasteiger partial charge on any atom is 0.225 e. The number of carbonyl (C=O) groups is 1. The first kappa shape index (κ1) is 15.5. The van der Waals surface area contributed by atoms with Gasteiger partial charge < -0.3 is 4.90 Å². The maximum absolute atomic E-state index is 13.0. The number of benzene rings is 1. The van der Waals surface area contributed by atoms with Crippen LogP contribution in [-0.4, -0.2) is 37.6 Å². The van der Waals surface area contributed by atoms with Gasteiger partial charge in [-0.25, -0.2) is 12.8 Å². The summed E-state index contributed by atoms with van der Waals surface area (Å²) in [6, 6.07) is 4.93. The molecule has 0 unspecified atom stereocenters. The number of hydrogen-bond donors (Lipinski definition) is 0. The van der Waals surface area contributed by atoms with Gasteiger partial charge in [-0.1, -0.05) is 6.42 Å². The SMILES string of the molecule is O=C(C1CCC1)N1CCC[C@@H](S(=O)(=O)c2ccc(F)cc2)C1. The minimum absolute atomic E-state index is 0.0901. The standard InChI is InChI=1S/C16H20FNO3S/c17-13-6-8-14(9-7-13)22(20,21)15-5-2-10-18(11-15)16(19)12-3-1-4-12/h6-9,12,15H,1-5,10-11H2/t15-/m1/s1. The van der Waals surface area contributed by atoms with Crippen molar-refractivity contribution in [3.05, 3.63) is 30.1 Å². The van der Waals surface area contributed by atoms with Gasteiger partial charge in [0.05, 0.1) is 10.1 Å². The number of carbonyl (C=O) groups excluding carboxylic acids is 1. The molecule has 1 amide bonds. The fraction of sp³-hybridized carbons (Fsp3) is 0.562. The Bertz CT molecular complexity index is 652. The topological polar surface area (TPSA) is 54.5 Å². The molecule has 6 heteroatoms. The number of amides is 1. The van der Waals surface area contributed by atoms with Crippen molar-refractivity contribution < 1.29 is 17.6 Å². The number of halogens is 1. The van der Waals surface area contributed by atoms with Crippen LogP contribution in [0.2, 0.25) is 0 Å². The molecule has 1 aromatic rings. The van der Waals surface area contributed by atoms with Crippen molar-refractivity contribution in [3.63, 3.8) is 0 Å². The van der Waals surface area contributed by atoms with Gasteiger partial charge in [-0.3, -0.25) is 4.79 Å². The van der Waals surface area contributed by atoms with E-state index in [0.717, 1.165) is 31.4 Å². The van der Waals surface area contributed by atoms with E-state index in [-0.39, 0.29) is 23.3 Å². The summed E-state index contributed by atoms with van der Waals surface area (Å²) in [6.45, 7) is 0.903. The van der Waals surface area contributed by atoms with Gasteiger partial charge in [0.25, 0.3) is 0 Å². The van der Waals surface area contributed by atoms with E-state index in [9.17, 15) is 17.6 Å². The molecule has 1 saturated heterocycles. The van der Waals surface area contributed by atoms with Gasteiger partial charge >= 0.3 is 0 Å². The van der Waals surface area contributed by atoms with Gasteiger partial charge in [0.1, 0.15) is 5.82 Å². The van der Waals surface area contributed by atoms with Crippen molar-refractivity contribution in [3.8, 4) is 0 Å². The van der Waals surface area contributed by atoms with E-state index < -0.39 is 20.9 Å². The highest BCUT2D eigenvalue weighted by Gasteiger charge is 2.36. The summed E-state index contributed by atoms with van der Waals surface area (Å²) in [5.74, 6) is -0.262. The number of piperidine rings is 1. The fourth-order valence-electron chi connectivity index (χ4n) is 3.12. The van der Waals surface area contributed by atoms with Gasteiger partial charge in [-0.2, -0.15) is 0 Å².